The number of carbonyl (C=O) groups excluding carboxylic acids is 2. The second-order valence-corrected chi connectivity index (χ2v) is 8.84. The van der Waals surface area contributed by atoms with Gasteiger partial charge in [-0.05, 0) is 50.2 Å². The Balaban J connectivity index is 1.19. The lowest BCUT2D eigenvalue weighted by Crippen LogP contribution is -2.57. The Labute approximate surface area is 187 Å². The number of hydrogen-bond acceptors (Lipinski definition) is 8. The van der Waals surface area contributed by atoms with Gasteiger partial charge < -0.3 is 19.7 Å². The minimum absolute atomic E-state index is 0.0734. The number of amides is 2. The van der Waals surface area contributed by atoms with Crippen LogP contribution in [0.3, 0.4) is 0 Å². The van der Waals surface area contributed by atoms with E-state index >= 15 is 0 Å². The molecule has 6 atom stereocenters. The molecule has 3 aliphatic rings. The molecule has 0 radical (unpaired) electrons. The molecule has 3 heterocycles. The zero-order valence-corrected chi connectivity index (χ0v) is 18.4. The van der Waals surface area contributed by atoms with Gasteiger partial charge in [0.2, 0.25) is 11.8 Å². The third-order valence-electron chi connectivity index (χ3n) is 6.77. The topological polar surface area (TPSA) is 129 Å². The first-order chi connectivity index (χ1) is 15.5. The third kappa shape index (κ3) is 4.95. The molecule has 3 N–H and O–H groups in total. The van der Waals surface area contributed by atoms with E-state index in [1.54, 1.807) is 30.3 Å². The Kier molecular flexibility index (Phi) is 6.77. The van der Waals surface area contributed by atoms with E-state index in [4.69, 9.17) is 14.7 Å². The van der Waals surface area contributed by atoms with Crippen LogP contribution in [0.1, 0.15) is 38.2 Å². The van der Waals surface area contributed by atoms with Crippen LogP contribution in [0, 0.1) is 23.2 Å². The highest BCUT2D eigenvalue weighted by Gasteiger charge is 2.42. The van der Waals surface area contributed by atoms with Crippen molar-refractivity contribution in [2.24, 2.45) is 11.8 Å². The van der Waals surface area contributed by atoms with Gasteiger partial charge in [-0.2, -0.15) is 5.26 Å². The molecule has 3 fully saturated rings. The summed E-state index contributed by atoms with van der Waals surface area (Å²) in [6, 6.07) is 5.88. The number of hydrogen-bond donors (Lipinski definition) is 3. The van der Waals surface area contributed by atoms with Gasteiger partial charge in [0.05, 0.1) is 31.7 Å². The zero-order chi connectivity index (χ0) is 22.7. The average molecular weight is 443 g/mol. The smallest absolute Gasteiger partial charge is 0.410 e. The number of nitriles is 1. The fraction of sp³-hybridized carbons (Fsp3) is 0.636. The number of hydrazine groups is 1. The van der Waals surface area contributed by atoms with E-state index in [1.807, 2.05) is 6.92 Å². The predicted octanol–water partition coefficient (Wildman–Crippen LogP) is 1.09. The molecule has 172 valence electrons. The number of pyridine rings is 1. The maximum absolute atomic E-state index is 12.4. The van der Waals surface area contributed by atoms with E-state index in [0.717, 1.165) is 31.2 Å². The molecule has 4 rings (SSSR count). The Bertz CT molecular complexity index is 889. The molecule has 2 aliphatic heterocycles. The van der Waals surface area contributed by atoms with Crippen molar-refractivity contribution in [1.29, 1.82) is 5.26 Å². The lowest BCUT2D eigenvalue weighted by atomic mass is 9.92. The van der Waals surface area contributed by atoms with Gasteiger partial charge in [-0.15, -0.1) is 0 Å². The number of methoxy groups -OCH3 is 1. The summed E-state index contributed by atoms with van der Waals surface area (Å²) in [7, 11) is 1.55. The van der Waals surface area contributed by atoms with Gasteiger partial charge in [0.25, 0.3) is 0 Å². The fourth-order valence-electron chi connectivity index (χ4n) is 4.74. The standard InChI is InChI=1S/C22H30N6O4/c1-13-16(11-23)12-28(13)22(30)32-17-4-3-15(9-17)18-10-19(27-26-18)25-20(29)7-14-5-6-24-21(8-14)31-2/h5-6,8,13,15-19,26-27H,3-4,7,9-10,12H2,1-2H3,(H,25,29)/t13-,15-,16+,17+,18?,19?/m0/s1. The molecule has 1 aliphatic carbocycles. The molecule has 10 nitrogen and oxygen atoms in total. The minimum Gasteiger partial charge on any atom is -0.481 e. The molecular formula is C22H30N6O4. The van der Waals surface area contributed by atoms with E-state index in [9.17, 15) is 9.59 Å². The second-order valence-electron chi connectivity index (χ2n) is 8.84. The molecule has 0 spiro atoms. The van der Waals surface area contributed by atoms with Crippen molar-refractivity contribution < 1.29 is 19.1 Å². The SMILES string of the molecule is COc1cc(CC(=O)NC2CC([C@H]3CC[C@@H](OC(=O)N4C[C@@H](C#N)[C@@H]4C)C3)NN2)ccn1. The van der Waals surface area contributed by atoms with Gasteiger partial charge in [0, 0.05) is 30.9 Å². The van der Waals surface area contributed by atoms with Crippen LogP contribution in [-0.4, -0.2) is 59.9 Å². The van der Waals surface area contributed by atoms with Crippen LogP contribution in [0.25, 0.3) is 0 Å². The largest absolute Gasteiger partial charge is 0.481 e. The van der Waals surface area contributed by atoms with Crippen LogP contribution in [0.5, 0.6) is 5.88 Å². The average Bonchev–Trinajstić information content (AvgIpc) is 3.42. The van der Waals surface area contributed by atoms with Crippen molar-refractivity contribution >= 4 is 12.0 Å². The molecule has 0 bridgehead atoms. The van der Waals surface area contributed by atoms with Crippen LogP contribution in [0.4, 0.5) is 4.79 Å². The Morgan fingerprint density at radius 3 is 2.94 bits per heavy atom. The number of likely N-dealkylation sites (tertiary alicyclic amines) is 1. The van der Waals surface area contributed by atoms with E-state index in [-0.39, 0.29) is 48.7 Å². The highest BCUT2D eigenvalue weighted by molar-refractivity contribution is 5.78. The van der Waals surface area contributed by atoms with Crippen molar-refractivity contribution in [1.82, 2.24) is 26.1 Å². The summed E-state index contributed by atoms with van der Waals surface area (Å²) in [6.07, 6.45) is 4.68. The summed E-state index contributed by atoms with van der Waals surface area (Å²) in [4.78, 5) is 30.4. The van der Waals surface area contributed by atoms with E-state index in [1.165, 1.54) is 0 Å². The van der Waals surface area contributed by atoms with Gasteiger partial charge in [-0.25, -0.2) is 15.2 Å². The molecule has 2 amide bonds. The number of nitrogens with one attached hydrogen (secondary N) is 3. The van der Waals surface area contributed by atoms with Crippen molar-refractivity contribution in [2.75, 3.05) is 13.7 Å². The number of ether oxygens (including phenoxy) is 2. The molecule has 1 saturated carbocycles. The van der Waals surface area contributed by atoms with Crippen LogP contribution >= 0.6 is 0 Å². The lowest BCUT2D eigenvalue weighted by molar-refractivity contribution is -0.121. The number of nitrogens with zero attached hydrogens (tertiary/aromatic N) is 3. The minimum atomic E-state index is -0.315. The Morgan fingerprint density at radius 1 is 1.34 bits per heavy atom. The van der Waals surface area contributed by atoms with Gasteiger partial charge >= 0.3 is 6.09 Å². The van der Waals surface area contributed by atoms with Crippen molar-refractivity contribution in [3.63, 3.8) is 0 Å². The monoisotopic (exact) mass is 442 g/mol. The first-order valence-corrected chi connectivity index (χ1v) is 11.1. The number of rotatable bonds is 6. The predicted molar refractivity (Wildman–Crippen MR) is 114 cm³/mol. The first-order valence-electron chi connectivity index (χ1n) is 11.1. The summed E-state index contributed by atoms with van der Waals surface area (Å²) in [5, 5.41) is 12.0. The van der Waals surface area contributed by atoms with Gasteiger partial charge in [0.1, 0.15) is 6.10 Å². The third-order valence-corrected chi connectivity index (χ3v) is 6.77. The molecule has 1 aromatic rings. The van der Waals surface area contributed by atoms with E-state index in [0.29, 0.717) is 18.3 Å². The van der Waals surface area contributed by atoms with Crippen molar-refractivity contribution in [3.8, 4) is 11.9 Å². The van der Waals surface area contributed by atoms with Gasteiger partial charge in [-0.3, -0.25) is 10.2 Å². The highest BCUT2D eigenvalue weighted by atomic mass is 16.6. The molecule has 2 unspecified atom stereocenters. The number of aromatic nitrogens is 1. The summed E-state index contributed by atoms with van der Waals surface area (Å²) in [5.74, 6) is 0.685. The van der Waals surface area contributed by atoms with E-state index < -0.39 is 0 Å². The molecule has 0 aromatic carbocycles. The summed E-state index contributed by atoms with van der Waals surface area (Å²) >= 11 is 0. The van der Waals surface area contributed by atoms with Gasteiger partial charge in [-0.1, -0.05) is 0 Å². The van der Waals surface area contributed by atoms with Crippen LogP contribution < -0.4 is 20.9 Å². The zero-order valence-electron chi connectivity index (χ0n) is 18.4. The van der Waals surface area contributed by atoms with Crippen LogP contribution in [-0.2, 0) is 16.0 Å². The van der Waals surface area contributed by atoms with Crippen LogP contribution in [0.2, 0.25) is 0 Å². The quantitative estimate of drug-likeness (QED) is 0.597. The summed E-state index contributed by atoms with van der Waals surface area (Å²) in [5.41, 5.74) is 7.30. The molecule has 32 heavy (non-hydrogen) atoms. The molecule has 2 saturated heterocycles. The van der Waals surface area contributed by atoms with Crippen molar-refractivity contribution in [2.45, 2.75) is 63.4 Å². The Morgan fingerprint density at radius 2 is 2.19 bits per heavy atom. The second kappa shape index (κ2) is 9.71. The molecule has 10 heteroatoms. The lowest BCUT2D eigenvalue weighted by Gasteiger charge is -2.42. The van der Waals surface area contributed by atoms with Crippen LogP contribution in [0.15, 0.2) is 18.3 Å². The maximum atomic E-state index is 12.4. The van der Waals surface area contributed by atoms with Gasteiger partial charge in [0.15, 0.2) is 0 Å². The maximum Gasteiger partial charge on any atom is 0.410 e. The normalized spacial score (nSPS) is 31.5. The summed E-state index contributed by atoms with van der Waals surface area (Å²) in [6.45, 7) is 2.33. The van der Waals surface area contributed by atoms with E-state index in [2.05, 4.69) is 27.2 Å². The highest BCUT2D eigenvalue weighted by Crippen LogP contribution is 2.34. The fourth-order valence-corrected chi connectivity index (χ4v) is 4.74. The molecule has 1 aromatic heterocycles. The first kappa shape index (κ1) is 22.3. The van der Waals surface area contributed by atoms with Crippen molar-refractivity contribution in [3.05, 3.63) is 23.9 Å². The molecular weight excluding hydrogens is 412 g/mol. The number of carbonyl (C=O) groups is 2. The summed E-state index contributed by atoms with van der Waals surface area (Å²) < 4.78 is 10.8. The Hall–Kier alpha value is -2.90.